The molecule has 2 aromatic carbocycles. The Labute approximate surface area is 118 Å². The number of fused-ring (bicyclic) bond motifs is 1. The monoisotopic (exact) mass is 271 g/mol. The van der Waals surface area contributed by atoms with Crippen LogP contribution in [0.5, 0.6) is 0 Å². The third-order valence-corrected chi connectivity index (χ3v) is 4.03. The summed E-state index contributed by atoms with van der Waals surface area (Å²) in [7, 11) is 0. The predicted molar refractivity (Wildman–Crippen MR) is 78.3 cm³/mol. The van der Waals surface area contributed by atoms with Gasteiger partial charge in [0.05, 0.1) is 11.6 Å². The molecule has 2 nitrogen and oxygen atoms in total. The minimum atomic E-state index is -0.999. The summed E-state index contributed by atoms with van der Waals surface area (Å²) in [4.78, 5) is 0. The Balaban J connectivity index is 1.79. The first kappa shape index (κ1) is 13.1. The molecule has 2 atom stereocenters. The van der Waals surface area contributed by atoms with E-state index in [2.05, 4.69) is 11.4 Å². The Kier molecular flexibility index (Phi) is 3.22. The second-order valence-electron chi connectivity index (χ2n) is 5.68. The van der Waals surface area contributed by atoms with Gasteiger partial charge in [0.2, 0.25) is 0 Å². The van der Waals surface area contributed by atoms with Gasteiger partial charge in [-0.25, -0.2) is 4.39 Å². The molecule has 104 valence electrons. The highest BCUT2D eigenvalue weighted by Gasteiger charge is 2.36. The maximum absolute atomic E-state index is 13.7. The van der Waals surface area contributed by atoms with Crippen LogP contribution in [0.4, 0.5) is 10.1 Å². The Morgan fingerprint density at radius 3 is 2.65 bits per heavy atom. The van der Waals surface area contributed by atoms with Crippen LogP contribution in [0.2, 0.25) is 0 Å². The molecule has 0 saturated heterocycles. The van der Waals surface area contributed by atoms with Gasteiger partial charge in [0.15, 0.2) is 0 Å². The summed E-state index contributed by atoms with van der Waals surface area (Å²) in [5.74, 6) is -0.261. The summed E-state index contributed by atoms with van der Waals surface area (Å²) in [6.45, 7) is 1.77. The van der Waals surface area contributed by atoms with Crippen molar-refractivity contribution in [3.05, 3.63) is 65.5 Å². The lowest BCUT2D eigenvalue weighted by atomic mass is 9.87. The highest BCUT2D eigenvalue weighted by Crippen LogP contribution is 2.32. The van der Waals surface area contributed by atoms with Crippen LogP contribution >= 0.6 is 0 Å². The molecule has 1 aliphatic heterocycles. The summed E-state index contributed by atoms with van der Waals surface area (Å²) in [6.07, 6.45) is 1.06. The number of nitrogens with one attached hydrogen (secondary N) is 1. The molecule has 3 heteroatoms. The number of aliphatic hydroxyl groups is 1. The lowest BCUT2D eigenvalue weighted by Crippen LogP contribution is -2.45. The minimum Gasteiger partial charge on any atom is -0.388 e. The van der Waals surface area contributed by atoms with Gasteiger partial charge in [0, 0.05) is 12.1 Å². The number of hydrogen-bond donors (Lipinski definition) is 2. The number of anilines is 1. The largest absolute Gasteiger partial charge is 0.388 e. The van der Waals surface area contributed by atoms with Gasteiger partial charge in [0.1, 0.15) is 5.82 Å². The number of para-hydroxylation sites is 1. The van der Waals surface area contributed by atoms with E-state index in [4.69, 9.17) is 0 Å². The average molecular weight is 271 g/mol. The van der Waals surface area contributed by atoms with E-state index in [0.29, 0.717) is 12.0 Å². The van der Waals surface area contributed by atoms with Crippen molar-refractivity contribution < 1.29 is 9.50 Å². The van der Waals surface area contributed by atoms with E-state index in [0.717, 1.165) is 12.1 Å². The molecule has 0 aliphatic carbocycles. The van der Waals surface area contributed by atoms with Gasteiger partial charge in [-0.3, -0.25) is 0 Å². The quantitative estimate of drug-likeness (QED) is 0.898. The molecule has 0 amide bonds. The van der Waals surface area contributed by atoms with E-state index >= 15 is 0 Å². The minimum absolute atomic E-state index is 0.0977. The third kappa shape index (κ3) is 2.41. The summed E-state index contributed by atoms with van der Waals surface area (Å²) in [6, 6.07) is 14.6. The van der Waals surface area contributed by atoms with Gasteiger partial charge in [-0.1, -0.05) is 36.4 Å². The van der Waals surface area contributed by atoms with Crippen molar-refractivity contribution in [3.63, 3.8) is 0 Å². The van der Waals surface area contributed by atoms with Gasteiger partial charge in [-0.05, 0) is 36.6 Å². The Morgan fingerprint density at radius 2 is 1.90 bits per heavy atom. The molecule has 1 aliphatic rings. The summed E-state index contributed by atoms with van der Waals surface area (Å²) >= 11 is 0. The van der Waals surface area contributed by atoms with E-state index in [9.17, 15) is 9.50 Å². The maximum atomic E-state index is 13.7. The molecule has 0 aromatic heterocycles. The molecule has 3 rings (SSSR count). The number of halogens is 1. The van der Waals surface area contributed by atoms with Gasteiger partial charge in [-0.2, -0.15) is 0 Å². The first-order chi connectivity index (χ1) is 9.56. The Bertz CT molecular complexity index is 599. The lowest BCUT2D eigenvalue weighted by molar-refractivity contribution is 0.0412. The maximum Gasteiger partial charge on any atom is 0.126 e. The summed E-state index contributed by atoms with van der Waals surface area (Å²) in [5, 5.41) is 14.1. The fraction of sp³-hybridized carbons (Fsp3) is 0.294. The van der Waals surface area contributed by atoms with Crippen LogP contribution in [0, 0.1) is 5.82 Å². The number of rotatable bonds is 3. The first-order valence-corrected chi connectivity index (χ1v) is 6.86. The van der Waals surface area contributed by atoms with E-state index in [1.807, 2.05) is 18.2 Å². The van der Waals surface area contributed by atoms with Crippen LogP contribution in [0.1, 0.15) is 18.1 Å². The van der Waals surface area contributed by atoms with Crippen molar-refractivity contribution in [3.8, 4) is 0 Å². The third-order valence-electron chi connectivity index (χ3n) is 4.03. The van der Waals surface area contributed by atoms with Crippen LogP contribution in [0.25, 0.3) is 0 Å². The van der Waals surface area contributed by atoms with Crippen molar-refractivity contribution >= 4 is 5.69 Å². The molecular formula is C17H18FNO. The molecule has 20 heavy (non-hydrogen) atoms. The number of hydrogen-bond acceptors (Lipinski definition) is 2. The summed E-state index contributed by atoms with van der Waals surface area (Å²) < 4.78 is 13.7. The van der Waals surface area contributed by atoms with Gasteiger partial charge < -0.3 is 10.4 Å². The van der Waals surface area contributed by atoms with E-state index < -0.39 is 5.60 Å². The molecule has 0 fully saturated rings. The fourth-order valence-electron chi connectivity index (χ4n) is 2.82. The van der Waals surface area contributed by atoms with E-state index in [1.165, 1.54) is 11.6 Å². The molecule has 0 radical (unpaired) electrons. The molecule has 1 heterocycles. The molecular weight excluding hydrogens is 253 g/mol. The molecule has 2 N–H and O–H groups in total. The highest BCUT2D eigenvalue weighted by molar-refractivity contribution is 5.57. The summed E-state index contributed by atoms with van der Waals surface area (Å²) in [5.41, 5.74) is 1.81. The van der Waals surface area contributed by atoms with E-state index in [-0.39, 0.29) is 11.9 Å². The zero-order valence-electron chi connectivity index (χ0n) is 11.4. The predicted octanol–water partition coefficient (Wildman–Crippen LogP) is 3.16. The first-order valence-electron chi connectivity index (χ1n) is 6.86. The molecule has 0 spiro atoms. The van der Waals surface area contributed by atoms with Crippen molar-refractivity contribution in [2.75, 3.05) is 5.32 Å². The molecule has 2 aromatic rings. The van der Waals surface area contributed by atoms with Crippen molar-refractivity contribution in [1.29, 1.82) is 0 Å². The smallest absolute Gasteiger partial charge is 0.126 e. The molecule has 0 bridgehead atoms. The van der Waals surface area contributed by atoms with Gasteiger partial charge in [0.25, 0.3) is 0 Å². The van der Waals surface area contributed by atoms with Crippen LogP contribution in [0.15, 0.2) is 48.5 Å². The van der Waals surface area contributed by atoms with Crippen LogP contribution in [0.3, 0.4) is 0 Å². The number of benzene rings is 2. The Morgan fingerprint density at radius 1 is 1.20 bits per heavy atom. The zero-order chi connectivity index (χ0) is 14.2. The zero-order valence-corrected chi connectivity index (χ0v) is 11.4. The van der Waals surface area contributed by atoms with Crippen molar-refractivity contribution in [2.45, 2.75) is 31.4 Å². The van der Waals surface area contributed by atoms with E-state index in [1.54, 1.807) is 25.1 Å². The SMILES string of the molecule is CC(O)(Cc1ccccc1F)C1Cc2ccccc2N1. The van der Waals surface area contributed by atoms with Gasteiger partial charge >= 0.3 is 0 Å². The standard InChI is InChI=1S/C17H18FNO/c1-17(20,11-13-7-2-4-8-14(13)18)16-10-12-6-3-5-9-15(12)19-16/h2-9,16,19-20H,10-11H2,1H3. The fourth-order valence-corrected chi connectivity index (χ4v) is 2.82. The van der Waals surface area contributed by atoms with Crippen LogP contribution in [-0.2, 0) is 12.8 Å². The normalized spacial score (nSPS) is 20.1. The topological polar surface area (TPSA) is 32.3 Å². The van der Waals surface area contributed by atoms with Crippen molar-refractivity contribution in [1.82, 2.24) is 0 Å². The Hall–Kier alpha value is -1.87. The molecule has 2 unspecified atom stereocenters. The second-order valence-corrected chi connectivity index (χ2v) is 5.68. The second kappa shape index (κ2) is 4.91. The van der Waals surface area contributed by atoms with Gasteiger partial charge in [-0.15, -0.1) is 0 Å². The average Bonchev–Trinajstić information content (AvgIpc) is 2.86. The van der Waals surface area contributed by atoms with Crippen LogP contribution < -0.4 is 5.32 Å². The lowest BCUT2D eigenvalue weighted by Gasteiger charge is -2.31. The highest BCUT2D eigenvalue weighted by atomic mass is 19.1. The van der Waals surface area contributed by atoms with Crippen LogP contribution in [-0.4, -0.2) is 16.7 Å². The molecule has 0 saturated carbocycles. The van der Waals surface area contributed by atoms with Crippen molar-refractivity contribution in [2.24, 2.45) is 0 Å².